The van der Waals surface area contributed by atoms with Crippen molar-refractivity contribution in [3.05, 3.63) is 35.9 Å². The van der Waals surface area contributed by atoms with E-state index >= 15 is 0 Å². The molecule has 0 heteroatoms. The molecule has 0 bridgehead atoms. The minimum atomic E-state index is 0.337. The number of hydrogen-bond donors (Lipinski definition) is 0. The molecule has 1 saturated carbocycles. The predicted octanol–water partition coefficient (Wildman–Crippen LogP) is 5.43. The second kappa shape index (κ2) is 5.47. The third-order valence-electron chi connectivity index (χ3n) is 5.25. The summed E-state index contributed by atoms with van der Waals surface area (Å²) in [4.78, 5) is 0. The van der Waals surface area contributed by atoms with E-state index in [1.54, 1.807) is 0 Å². The summed E-state index contributed by atoms with van der Waals surface area (Å²) in [5.41, 5.74) is 1.85. The highest BCUT2D eigenvalue weighted by Crippen LogP contribution is 2.43. The van der Waals surface area contributed by atoms with Crippen LogP contribution in [0.1, 0.15) is 58.9 Å². The van der Waals surface area contributed by atoms with Crippen molar-refractivity contribution in [2.24, 2.45) is 17.8 Å². The van der Waals surface area contributed by atoms with Gasteiger partial charge in [0.15, 0.2) is 0 Å². The van der Waals surface area contributed by atoms with Gasteiger partial charge in [0.1, 0.15) is 0 Å². The lowest BCUT2D eigenvalue weighted by Gasteiger charge is -2.40. The van der Waals surface area contributed by atoms with Gasteiger partial charge in [-0.05, 0) is 54.4 Å². The van der Waals surface area contributed by atoms with Crippen LogP contribution in [-0.2, 0) is 5.41 Å². The molecule has 2 rings (SSSR count). The Morgan fingerprint density at radius 3 is 2.00 bits per heavy atom. The second-order valence-corrected chi connectivity index (χ2v) is 6.94. The van der Waals surface area contributed by atoms with Crippen LogP contribution < -0.4 is 0 Å². The van der Waals surface area contributed by atoms with E-state index in [4.69, 9.17) is 0 Å². The van der Waals surface area contributed by atoms with Gasteiger partial charge in [-0.1, -0.05) is 58.0 Å². The molecule has 18 heavy (non-hydrogen) atoms. The molecule has 0 unspecified atom stereocenters. The van der Waals surface area contributed by atoms with Gasteiger partial charge in [-0.2, -0.15) is 0 Å². The summed E-state index contributed by atoms with van der Waals surface area (Å²) in [6, 6.07) is 11.1. The Hall–Kier alpha value is -0.780. The van der Waals surface area contributed by atoms with Gasteiger partial charge in [0.05, 0.1) is 0 Å². The normalized spacial score (nSPS) is 25.4. The van der Waals surface area contributed by atoms with Crippen molar-refractivity contribution in [3.8, 4) is 0 Å². The highest BCUT2D eigenvalue weighted by atomic mass is 14.4. The molecule has 0 radical (unpaired) electrons. The molecule has 0 nitrogen and oxygen atoms in total. The maximum Gasteiger partial charge on any atom is -0.00753 e. The monoisotopic (exact) mass is 244 g/mol. The highest BCUT2D eigenvalue weighted by Gasteiger charge is 2.34. The van der Waals surface area contributed by atoms with Crippen LogP contribution >= 0.6 is 0 Å². The van der Waals surface area contributed by atoms with Crippen LogP contribution in [0.15, 0.2) is 30.3 Å². The molecule has 0 saturated heterocycles. The summed E-state index contributed by atoms with van der Waals surface area (Å²) in [6.45, 7) is 9.63. The van der Waals surface area contributed by atoms with Gasteiger partial charge < -0.3 is 0 Å². The van der Waals surface area contributed by atoms with E-state index in [2.05, 4.69) is 58.0 Å². The summed E-state index contributed by atoms with van der Waals surface area (Å²) < 4.78 is 0. The van der Waals surface area contributed by atoms with Crippen molar-refractivity contribution in [1.82, 2.24) is 0 Å². The molecular weight excluding hydrogens is 216 g/mol. The Balaban J connectivity index is 2.05. The number of hydrogen-bond acceptors (Lipinski definition) is 0. The zero-order chi connectivity index (χ0) is 13.2. The first-order chi connectivity index (χ1) is 8.51. The molecule has 1 aromatic carbocycles. The first kappa shape index (κ1) is 13.6. The third kappa shape index (κ3) is 2.79. The average Bonchev–Trinajstić information content (AvgIpc) is 2.40. The van der Waals surface area contributed by atoms with E-state index < -0.39 is 0 Å². The quantitative estimate of drug-likeness (QED) is 0.665. The summed E-state index contributed by atoms with van der Waals surface area (Å²) in [7, 11) is 0. The van der Waals surface area contributed by atoms with Crippen molar-refractivity contribution in [1.29, 1.82) is 0 Å². The SMILES string of the molecule is CC(C)C1CCC(C(C)(C)c2ccccc2)CC1. The van der Waals surface area contributed by atoms with Crippen molar-refractivity contribution in [3.63, 3.8) is 0 Å². The van der Waals surface area contributed by atoms with Crippen molar-refractivity contribution < 1.29 is 0 Å². The average molecular weight is 244 g/mol. The van der Waals surface area contributed by atoms with E-state index in [0.717, 1.165) is 17.8 Å². The van der Waals surface area contributed by atoms with Crippen LogP contribution in [0.25, 0.3) is 0 Å². The van der Waals surface area contributed by atoms with Crippen LogP contribution in [0.2, 0.25) is 0 Å². The molecule has 1 aromatic rings. The van der Waals surface area contributed by atoms with E-state index in [0.29, 0.717) is 5.41 Å². The Morgan fingerprint density at radius 2 is 1.50 bits per heavy atom. The molecule has 0 heterocycles. The van der Waals surface area contributed by atoms with Gasteiger partial charge in [0.25, 0.3) is 0 Å². The Morgan fingerprint density at radius 1 is 0.944 bits per heavy atom. The Kier molecular flexibility index (Phi) is 4.14. The summed E-state index contributed by atoms with van der Waals surface area (Å²) in [5, 5.41) is 0. The van der Waals surface area contributed by atoms with E-state index in [1.165, 1.54) is 31.2 Å². The topological polar surface area (TPSA) is 0 Å². The zero-order valence-corrected chi connectivity index (χ0v) is 12.4. The standard InChI is InChI=1S/C18H28/c1-14(2)15-10-12-17(13-11-15)18(3,4)16-8-6-5-7-9-16/h5-9,14-15,17H,10-13H2,1-4H3. The fraction of sp³-hybridized carbons (Fsp3) is 0.667. The number of benzene rings is 1. The van der Waals surface area contributed by atoms with E-state index in [9.17, 15) is 0 Å². The van der Waals surface area contributed by atoms with Crippen molar-refractivity contribution in [2.75, 3.05) is 0 Å². The molecule has 0 aliphatic heterocycles. The molecule has 1 aliphatic rings. The van der Waals surface area contributed by atoms with Gasteiger partial charge >= 0.3 is 0 Å². The van der Waals surface area contributed by atoms with Crippen LogP contribution in [0, 0.1) is 17.8 Å². The van der Waals surface area contributed by atoms with Crippen molar-refractivity contribution >= 4 is 0 Å². The van der Waals surface area contributed by atoms with Crippen LogP contribution in [0.5, 0.6) is 0 Å². The minimum Gasteiger partial charge on any atom is -0.0625 e. The van der Waals surface area contributed by atoms with E-state index in [-0.39, 0.29) is 0 Å². The minimum absolute atomic E-state index is 0.337. The zero-order valence-electron chi connectivity index (χ0n) is 12.4. The lowest BCUT2D eigenvalue weighted by atomic mass is 9.64. The molecule has 0 atom stereocenters. The molecule has 0 aromatic heterocycles. The third-order valence-corrected chi connectivity index (χ3v) is 5.25. The highest BCUT2D eigenvalue weighted by molar-refractivity contribution is 5.24. The van der Waals surface area contributed by atoms with Gasteiger partial charge in [-0.3, -0.25) is 0 Å². The first-order valence-electron chi connectivity index (χ1n) is 7.57. The maximum absolute atomic E-state index is 2.43. The Bertz CT molecular complexity index is 353. The van der Waals surface area contributed by atoms with Crippen LogP contribution in [0.4, 0.5) is 0 Å². The second-order valence-electron chi connectivity index (χ2n) is 6.94. The predicted molar refractivity (Wildman–Crippen MR) is 79.8 cm³/mol. The molecular formula is C18H28. The smallest absolute Gasteiger partial charge is 0.00753 e. The summed E-state index contributed by atoms with van der Waals surface area (Å²) >= 11 is 0. The van der Waals surface area contributed by atoms with Crippen LogP contribution in [-0.4, -0.2) is 0 Å². The summed E-state index contributed by atoms with van der Waals surface area (Å²) in [6.07, 6.45) is 5.67. The first-order valence-corrected chi connectivity index (χ1v) is 7.57. The lowest BCUT2D eigenvalue weighted by Crippen LogP contribution is -2.33. The molecule has 0 amide bonds. The Labute approximate surface area is 113 Å². The lowest BCUT2D eigenvalue weighted by molar-refractivity contribution is 0.167. The fourth-order valence-corrected chi connectivity index (χ4v) is 3.61. The van der Waals surface area contributed by atoms with Crippen LogP contribution in [0.3, 0.4) is 0 Å². The van der Waals surface area contributed by atoms with Gasteiger partial charge in [-0.15, -0.1) is 0 Å². The molecule has 100 valence electrons. The molecule has 0 spiro atoms. The molecule has 1 aliphatic carbocycles. The maximum atomic E-state index is 2.43. The van der Waals surface area contributed by atoms with Gasteiger partial charge in [-0.25, -0.2) is 0 Å². The summed E-state index contributed by atoms with van der Waals surface area (Å²) in [5.74, 6) is 2.69. The van der Waals surface area contributed by atoms with Gasteiger partial charge in [0, 0.05) is 0 Å². The van der Waals surface area contributed by atoms with E-state index in [1.807, 2.05) is 0 Å². The molecule has 0 N–H and O–H groups in total. The van der Waals surface area contributed by atoms with Gasteiger partial charge in [0.2, 0.25) is 0 Å². The number of rotatable bonds is 3. The largest absolute Gasteiger partial charge is 0.0625 e. The fourth-order valence-electron chi connectivity index (χ4n) is 3.61. The molecule has 1 fully saturated rings. The van der Waals surface area contributed by atoms with Crippen molar-refractivity contribution in [2.45, 2.75) is 58.8 Å².